The van der Waals surface area contributed by atoms with Crippen molar-refractivity contribution in [1.82, 2.24) is 9.38 Å². The maximum Gasteiger partial charge on any atom is 0.387 e. The highest BCUT2D eigenvalue weighted by molar-refractivity contribution is 5.91. The van der Waals surface area contributed by atoms with Gasteiger partial charge in [0.2, 0.25) is 0 Å². The fourth-order valence-corrected chi connectivity index (χ4v) is 2.88. The number of imidazole rings is 1. The number of rotatable bonds is 6. The van der Waals surface area contributed by atoms with E-state index in [0.717, 1.165) is 11.4 Å². The Labute approximate surface area is 154 Å². The normalized spacial score (nSPS) is 12.0. The van der Waals surface area contributed by atoms with Crippen LogP contribution in [0.15, 0.2) is 48.2 Å². The number of fused-ring (bicyclic) bond motifs is 1. The van der Waals surface area contributed by atoms with Gasteiger partial charge in [-0.1, -0.05) is 18.2 Å². The third kappa shape index (κ3) is 4.13. The van der Waals surface area contributed by atoms with Gasteiger partial charge >= 0.3 is 12.6 Å². The summed E-state index contributed by atoms with van der Waals surface area (Å²) in [5, 5.41) is 9.05. The first-order chi connectivity index (χ1) is 12.8. The number of ether oxygens (including phenoxy) is 1. The van der Waals surface area contributed by atoms with Crippen molar-refractivity contribution in [2.45, 2.75) is 26.9 Å². The number of alkyl halides is 2. The molecule has 0 aliphatic heterocycles. The van der Waals surface area contributed by atoms with Crippen molar-refractivity contribution in [3.05, 3.63) is 70.7 Å². The summed E-state index contributed by atoms with van der Waals surface area (Å²) >= 11 is 0. The van der Waals surface area contributed by atoms with Crippen molar-refractivity contribution in [3.8, 4) is 5.75 Å². The van der Waals surface area contributed by atoms with E-state index in [2.05, 4.69) is 9.72 Å². The molecule has 3 aromatic rings. The lowest BCUT2D eigenvalue weighted by Crippen LogP contribution is -2.05. The van der Waals surface area contributed by atoms with Crippen molar-refractivity contribution in [2.75, 3.05) is 0 Å². The number of carboxylic acids is 1. The number of aromatic nitrogens is 2. The lowest BCUT2D eigenvalue weighted by molar-refractivity contribution is -0.132. The first-order valence-corrected chi connectivity index (χ1v) is 8.27. The summed E-state index contributed by atoms with van der Waals surface area (Å²) in [6.45, 7) is 0.465. The Bertz CT molecular complexity index is 1030. The van der Waals surface area contributed by atoms with E-state index in [1.165, 1.54) is 13.0 Å². The minimum absolute atomic E-state index is 0.125. The van der Waals surface area contributed by atoms with Crippen LogP contribution in [0.3, 0.4) is 0 Å². The van der Waals surface area contributed by atoms with E-state index in [4.69, 9.17) is 5.11 Å². The predicted molar refractivity (Wildman–Crippen MR) is 97.1 cm³/mol. The molecular weight excluding hydrogens is 354 g/mol. The number of carbonyl (C=O) groups is 1. The number of hydrogen-bond acceptors (Lipinski definition) is 3. The van der Waals surface area contributed by atoms with E-state index < -0.39 is 12.6 Å². The molecule has 1 aromatic carbocycles. The van der Waals surface area contributed by atoms with Crippen molar-refractivity contribution >= 4 is 17.7 Å². The standard InChI is InChI=1S/C20H18F2N2O3/c1-12(19(25)26)9-14-7-8-18-23-13(2)16(24(18)11-14)10-15-5-3-4-6-17(15)27-20(21)22/h3-9,11,20H,10H2,1-2H3,(H,25,26). The molecule has 0 saturated carbocycles. The van der Waals surface area contributed by atoms with Crippen LogP contribution in [-0.2, 0) is 11.2 Å². The molecule has 0 spiro atoms. The Hall–Kier alpha value is -3.22. The molecule has 0 aliphatic rings. The van der Waals surface area contributed by atoms with Crippen molar-refractivity contribution in [1.29, 1.82) is 0 Å². The summed E-state index contributed by atoms with van der Waals surface area (Å²) in [5.41, 5.74) is 3.81. The van der Waals surface area contributed by atoms with Crippen LogP contribution in [0.4, 0.5) is 8.78 Å². The van der Waals surface area contributed by atoms with Gasteiger partial charge in [0.25, 0.3) is 0 Å². The average molecular weight is 372 g/mol. The highest BCUT2D eigenvalue weighted by Gasteiger charge is 2.14. The highest BCUT2D eigenvalue weighted by Crippen LogP contribution is 2.25. The topological polar surface area (TPSA) is 63.8 Å². The molecule has 1 N–H and O–H groups in total. The van der Waals surface area contributed by atoms with Crippen LogP contribution in [0.25, 0.3) is 11.7 Å². The summed E-state index contributed by atoms with van der Waals surface area (Å²) in [5.74, 6) is -0.866. The van der Waals surface area contributed by atoms with Crippen LogP contribution in [0.2, 0.25) is 0 Å². The fraction of sp³-hybridized carbons (Fsp3) is 0.200. The van der Waals surface area contributed by atoms with Gasteiger partial charge in [-0.3, -0.25) is 0 Å². The van der Waals surface area contributed by atoms with E-state index in [1.54, 1.807) is 42.6 Å². The summed E-state index contributed by atoms with van der Waals surface area (Å²) in [6, 6.07) is 10.2. The number of carboxylic acid groups (broad SMARTS) is 1. The van der Waals surface area contributed by atoms with Gasteiger partial charge in [0.1, 0.15) is 11.4 Å². The molecule has 0 atom stereocenters. The number of halogens is 2. The largest absolute Gasteiger partial charge is 0.478 e. The van der Waals surface area contributed by atoms with Gasteiger partial charge in [0.05, 0.1) is 5.69 Å². The van der Waals surface area contributed by atoms with E-state index >= 15 is 0 Å². The summed E-state index contributed by atoms with van der Waals surface area (Å²) in [6.07, 6.45) is 3.70. The Balaban J connectivity index is 2.03. The third-order valence-corrected chi connectivity index (χ3v) is 4.21. The Morgan fingerprint density at radius 1 is 1.30 bits per heavy atom. The van der Waals surface area contributed by atoms with Gasteiger partial charge in [-0.05, 0) is 43.7 Å². The molecule has 2 aromatic heterocycles. The van der Waals surface area contributed by atoms with Crippen LogP contribution >= 0.6 is 0 Å². The minimum Gasteiger partial charge on any atom is -0.478 e. The second kappa shape index (κ2) is 7.57. The maximum absolute atomic E-state index is 12.7. The molecule has 0 saturated heterocycles. The molecule has 27 heavy (non-hydrogen) atoms. The van der Waals surface area contributed by atoms with Gasteiger partial charge in [-0.25, -0.2) is 9.78 Å². The third-order valence-electron chi connectivity index (χ3n) is 4.21. The zero-order valence-corrected chi connectivity index (χ0v) is 14.8. The predicted octanol–water partition coefficient (Wildman–Crippen LogP) is 4.32. The van der Waals surface area contributed by atoms with Crippen LogP contribution in [0, 0.1) is 6.92 Å². The summed E-state index contributed by atoms with van der Waals surface area (Å²) in [7, 11) is 0. The van der Waals surface area contributed by atoms with Crippen LogP contribution in [0.5, 0.6) is 5.75 Å². The molecule has 140 valence electrons. The van der Waals surface area contributed by atoms with Crippen molar-refractivity contribution < 1.29 is 23.4 Å². The average Bonchev–Trinajstić information content (AvgIpc) is 2.91. The maximum atomic E-state index is 12.7. The lowest BCUT2D eigenvalue weighted by atomic mass is 10.1. The Kier molecular flexibility index (Phi) is 5.21. The zero-order chi connectivity index (χ0) is 19.6. The number of aliphatic carboxylic acids is 1. The van der Waals surface area contributed by atoms with Crippen LogP contribution in [0.1, 0.15) is 29.4 Å². The smallest absolute Gasteiger partial charge is 0.387 e. The number of pyridine rings is 1. The molecule has 2 heterocycles. The lowest BCUT2D eigenvalue weighted by Gasteiger charge is -2.11. The molecule has 3 rings (SSSR count). The number of benzene rings is 1. The van der Waals surface area contributed by atoms with E-state index in [0.29, 0.717) is 23.2 Å². The molecule has 0 bridgehead atoms. The van der Waals surface area contributed by atoms with Gasteiger partial charge in [0, 0.05) is 29.4 Å². The molecular formula is C20H18F2N2O3. The second-order valence-corrected chi connectivity index (χ2v) is 6.13. The fourth-order valence-electron chi connectivity index (χ4n) is 2.88. The molecule has 0 radical (unpaired) electrons. The highest BCUT2D eigenvalue weighted by atomic mass is 19.3. The first kappa shape index (κ1) is 18.6. The van der Waals surface area contributed by atoms with E-state index in [-0.39, 0.29) is 11.3 Å². The summed E-state index contributed by atoms with van der Waals surface area (Å²) in [4.78, 5) is 15.5. The minimum atomic E-state index is -2.90. The monoisotopic (exact) mass is 372 g/mol. The van der Waals surface area contributed by atoms with Gasteiger partial charge in [-0.15, -0.1) is 0 Å². The van der Waals surface area contributed by atoms with E-state index in [1.807, 2.05) is 11.3 Å². The number of nitrogens with zero attached hydrogens (tertiary/aromatic N) is 2. The zero-order valence-electron chi connectivity index (χ0n) is 14.8. The molecule has 7 heteroatoms. The quantitative estimate of drug-likeness (QED) is 0.655. The van der Waals surface area contributed by atoms with Crippen molar-refractivity contribution in [2.24, 2.45) is 0 Å². The summed E-state index contributed by atoms with van der Waals surface area (Å²) < 4.78 is 31.8. The SMILES string of the molecule is CC(=Cc1ccc2nc(C)c(Cc3ccccc3OC(F)F)n2c1)C(=O)O. The van der Waals surface area contributed by atoms with Crippen LogP contribution < -0.4 is 4.74 Å². The van der Waals surface area contributed by atoms with Crippen LogP contribution in [-0.4, -0.2) is 27.1 Å². The first-order valence-electron chi connectivity index (χ1n) is 8.27. The number of hydrogen-bond donors (Lipinski definition) is 1. The molecule has 0 aliphatic carbocycles. The molecule has 5 nitrogen and oxygen atoms in total. The van der Waals surface area contributed by atoms with Gasteiger partial charge in [-0.2, -0.15) is 8.78 Å². The Morgan fingerprint density at radius 3 is 2.74 bits per heavy atom. The van der Waals surface area contributed by atoms with E-state index in [9.17, 15) is 13.6 Å². The molecule has 0 amide bonds. The van der Waals surface area contributed by atoms with Gasteiger partial charge in [0.15, 0.2) is 0 Å². The Morgan fingerprint density at radius 2 is 2.04 bits per heavy atom. The van der Waals surface area contributed by atoms with Crippen molar-refractivity contribution in [3.63, 3.8) is 0 Å². The number of aryl methyl sites for hydroxylation is 1. The molecule has 0 unspecified atom stereocenters. The number of para-hydroxylation sites is 1. The van der Waals surface area contributed by atoms with Gasteiger partial charge < -0.3 is 14.2 Å². The second-order valence-electron chi connectivity index (χ2n) is 6.13. The molecule has 0 fully saturated rings.